The number of aromatic nitrogens is 1. The van der Waals surface area contributed by atoms with Gasteiger partial charge < -0.3 is 9.80 Å². The molecule has 2 aromatic carbocycles. The fourth-order valence-corrected chi connectivity index (χ4v) is 4.68. The minimum atomic E-state index is -0.152. The fraction of sp³-hybridized carbons (Fsp3) is 0.292. The highest BCUT2D eigenvalue weighted by Crippen LogP contribution is 2.42. The summed E-state index contributed by atoms with van der Waals surface area (Å²) in [5.74, 6) is 0.152. The molecule has 5 heteroatoms. The van der Waals surface area contributed by atoms with Crippen LogP contribution in [-0.4, -0.2) is 41.3 Å². The average Bonchev–Trinajstić information content (AvgIpc) is 3.29. The number of anilines is 1. The standard InChI is InChI=1S/C24H23N3O2/c1-17-5-4-7-20(11-17)27-16-24(13-22(27)28)9-10-26(15-24)23(29)19-12-18-6-2-3-8-21(18)25-14-19/h2-8,11-12,14H,9-10,13,15-16H2,1H3/t24-/m0/s1. The maximum Gasteiger partial charge on any atom is 0.255 e. The Morgan fingerprint density at radius 3 is 2.79 bits per heavy atom. The Kier molecular flexibility index (Phi) is 4.12. The van der Waals surface area contributed by atoms with E-state index in [1.54, 1.807) is 6.20 Å². The number of pyridine rings is 1. The highest BCUT2D eigenvalue weighted by molar-refractivity contribution is 5.99. The van der Waals surface area contributed by atoms with Crippen molar-refractivity contribution in [3.05, 3.63) is 71.9 Å². The molecule has 2 aliphatic heterocycles. The topological polar surface area (TPSA) is 53.5 Å². The number of carbonyl (C=O) groups is 2. The molecule has 1 aromatic heterocycles. The van der Waals surface area contributed by atoms with Gasteiger partial charge in [0, 0.05) is 48.7 Å². The first kappa shape index (κ1) is 17.9. The largest absolute Gasteiger partial charge is 0.338 e. The molecule has 2 saturated heterocycles. The van der Waals surface area contributed by atoms with Crippen LogP contribution in [0.4, 0.5) is 5.69 Å². The molecular weight excluding hydrogens is 362 g/mol. The molecule has 1 spiro atoms. The molecule has 0 unspecified atom stereocenters. The Balaban J connectivity index is 1.35. The highest BCUT2D eigenvalue weighted by Gasteiger charge is 2.48. The van der Waals surface area contributed by atoms with Crippen LogP contribution in [0.25, 0.3) is 10.9 Å². The van der Waals surface area contributed by atoms with Gasteiger partial charge in [-0.25, -0.2) is 0 Å². The van der Waals surface area contributed by atoms with Crippen molar-refractivity contribution in [3.63, 3.8) is 0 Å². The van der Waals surface area contributed by atoms with E-state index in [0.29, 0.717) is 31.6 Å². The van der Waals surface area contributed by atoms with Crippen molar-refractivity contribution in [2.24, 2.45) is 5.41 Å². The molecular formula is C24H23N3O2. The van der Waals surface area contributed by atoms with Gasteiger partial charge in [-0.1, -0.05) is 30.3 Å². The van der Waals surface area contributed by atoms with E-state index < -0.39 is 0 Å². The van der Waals surface area contributed by atoms with E-state index in [-0.39, 0.29) is 17.2 Å². The monoisotopic (exact) mass is 385 g/mol. The zero-order valence-corrected chi connectivity index (χ0v) is 16.5. The number of fused-ring (bicyclic) bond motifs is 1. The Morgan fingerprint density at radius 2 is 1.93 bits per heavy atom. The Morgan fingerprint density at radius 1 is 1.07 bits per heavy atom. The maximum absolute atomic E-state index is 13.1. The van der Waals surface area contributed by atoms with E-state index in [2.05, 4.69) is 11.1 Å². The molecule has 0 radical (unpaired) electrons. The molecule has 0 N–H and O–H groups in total. The number of para-hydroxylation sites is 1. The van der Waals surface area contributed by atoms with Gasteiger partial charge in [-0.2, -0.15) is 0 Å². The summed E-state index contributed by atoms with van der Waals surface area (Å²) in [5, 5.41) is 0.967. The summed E-state index contributed by atoms with van der Waals surface area (Å²) < 4.78 is 0. The van der Waals surface area contributed by atoms with Gasteiger partial charge in [0.1, 0.15) is 0 Å². The van der Waals surface area contributed by atoms with E-state index >= 15 is 0 Å². The Bertz CT molecular complexity index is 1130. The van der Waals surface area contributed by atoms with Crippen LogP contribution < -0.4 is 4.90 Å². The molecule has 3 aromatic rings. The van der Waals surface area contributed by atoms with Crippen LogP contribution in [0.2, 0.25) is 0 Å². The first-order valence-electron chi connectivity index (χ1n) is 10.0. The van der Waals surface area contributed by atoms with E-state index in [1.807, 2.05) is 65.3 Å². The highest BCUT2D eigenvalue weighted by atomic mass is 16.2. The first-order chi connectivity index (χ1) is 14.0. The number of amides is 2. The van der Waals surface area contributed by atoms with Crippen LogP contribution >= 0.6 is 0 Å². The number of hydrogen-bond acceptors (Lipinski definition) is 3. The molecule has 0 saturated carbocycles. The predicted molar refractivity (Wildman–Crippen MR) is 113 cm³/mol. The lowest BCUT2D eigenvalue weighted by Gasteiger charge is -2.24. The molecule has 2 fully saturated rings. The smallest absolute Gasteiger partial charge is 0.255 e. The second-order valence-corrected chi connectivity index (χ2v) is 8.39. The van der Waals surface area contributed by atoms with Gasteiger partial charge in [0.05, 0.1) is 11.1 Å². The Hall–Kier alpha value is -3.21. The van der Waals surface area contributed by atoms with Crippen LogP contribution in [-0.2, 0) is 4.79 Å². The van der Waals surface area contributed by atoms with E-state index in [9.17, 15) is 9.59 Å². The number of likely N-dealkylation sites (tertiary alicyclic amines) is 1. The molecule has 2 aliphatic rings. The van der Waals surface area contributed by atoms with Gasteiger partial charge in [0.25, 0.3) is 5.91 Å². The van der Waals surface area contributed by atoms with E-state index in [0.717, 1.165) is 28.6 Å². The first-order valence-corrected chi connectivity index (χ1v) is 10.0. The lowest BCUT2D eigenvalue weighted by molar-refractivity contribution is -0.117. The summed E-state index contributed by atoms with van der Waals surface area (Å²) in [5.41, 5.74) is 3.44. The summed E-state index contributed by atoms with van der Waals surface area (Å²) in [6.45, 7) is 4.01. The van der Waals surface area contributed by atoms with Crippen molar-refractivity contribution in [1.29, 1.82) is 0 Å². The maximum atomic E-state index is 13.1. The summed E-state index contributed by atoms with van der Waals surface area (Å²) in [6.07, 6.45) is 3.02. The van der Waals surface area contributed by atoms with Gasteiger partial charge >= 0.3 is 0 Å². The molecule has 5 rings (SSSR count). The summed E-state index contributed by atoms with van der Waals surface area (Å²) >= 11 is 0. The molecule has 29 heavy (non-hydrogen) atoms. The SMILES string of the molecule is Cc1cccc(N2C[C@@]3(CCN(C(=O)c4cnc5ccccc5c4)C3)CC2=O)c1. The van der Waals surface area contributed by atoms with Crippen molar-refractivity contribution >= 4 is 28.4 Å². The number of nitrogens with zero attached hydrogens (tertiary/aromatic N) is 3. The zero-order valence-electron chi connectivity index (χ0n) is 16.5. The minimum absolute atomic E-state index is 0.00147. The molecule has 2 amide bonds. The zero-order chi connectivity index (χ0) is 20.0. The normalized spacial score (nSPS) is 21.5. The fourth-order valence-electron chi connectivity index (χ4n) is 4.68. The van der Waals surface area contributed by atoms with Crippen molar-refractivity contribution < 1.29 is 9.59 Å². The number of carbonyl (C=O) groups excluding carboxylic acids is 2. The van der Waals surface area contributed by atoms with E-state index in [4.69, 9.17) is 0 Å². The quantitative estimate of drug-likeness (QED) is 0.674. The number of hydrogen-bond donors (Lipinski definition) is 0. The van der Waals surface area contributed by atoms with Crippen LogP contribution in [0.5, 0.6) is 0 Å². The van der Waals surface area contributed by atoms with Crippen LogP contribution in [0.1, 0.15) is 28.8 Å². The Labute approximate surface area is 170 Å². The van der Waals surface area contributed by atoms with Crippen molar-refractivity contribution in [3.8, 4) is 0 Å². The van der Waals surface area contributed by atoms with Crippen molar-refractivity contribution in [2.75, 3.05) is 24.5 Å². The van der Waals surface area contributed by atoms with Gasteiger partial charge in [0.15, 0.2) is 0 Å². The van der Waals surface area contributed by atoms with Gasteiger partial charge in [-0.05, 0) is 43.2 Å². The molecule has 3 heterocycles. The number of benzene rings is 2. The second-order valence-electron chi connectivity index (χ2n) is 8.39. The third-order valence-corrected chi connectivity index (χ3v) is 6.20. The third-order valence-electron chi connectivity index (χ3n) is 6.20. The van der Waals surface area contributed by atoms with Gasteiger partial charge in [-0.3, -0.25) is 14.6 Å². The van der Waals surface area contributed by atoms with Crippen LogP contribution in [0.15, 0.2) is 60.8 Å². The van der Waals surface area contributed by atoms with Crippen molar-refractivity contribution in [2.45, 2.75) is 19.8 Å². The second kappa shape index (κ2) is 6.69. The van der Waals surface area contributed by atoms with Gasteiger partial charge in [0.2, 0.25) is 5.91 Å². The molecule has 1 atom stereocenters. The molecule has 0 bridgehead atoms. The minimum Gasteiger partial charge on any atom is -0.338 e. The van der Waals surface area contributed by atoms with Crippen molar-refractivity contribution in [1.82, 2.24) is 9.88 Å². The summed E-state index contributed by atoms with van der Waals surface area (Å²) in [4.78, 5) is 34.0. The summed E-state index contributed by atoms with van der Waals surface area (Å²) in [7, 11) is 0. The molecule has 0 aliphatic carbocycles. The molecule has 146 valence electrons. The third kappa shape index (κ3) is 3.16. The number of aryl methyl sites for hydroxylation is 1. The van der Waals surface area contributed by atoms with Crippen LogP contribution in [0, 0.1) is 12.3 Å². The van der Waals surface area contributed by atoms with E-state index in [1.165, 1.54) is 0 Å². The number of rotatable bonds is 2. The molecule has 5 nitrogen and oxygen atoms in total. The van der Waals surface area contributed by atoms with Crippen LogP contribution in [0.3, 0.4) is 0 Å². The average molecular weight is 385 g/mol. The summed E-state index contributed by atoms with van der Waals surface area (Å²) in [6, 6.07) is 17.8. The van der Waals surface area contributed by atoms with Gasteiger partial charge in [-0.15, -0.1) is 0 Å². The predicted octanol–water partition coefficient (Wildman–Crippen LogP) is 3.81. The lowest BCUT2D eigenvalue weighted by atomic mass is 9.86. The lowest BCUT2D eigenvalue weighted by Crippen LogP contribution is -2.34.